The predicted octanol–water partition coefficient (Wildman–Crippen LogP) is 2.19. The second-order valence-electron chi connectivity index (χ2n) is 3.69. The number of hydrogen-bond acceptors (Lipinski definition) is 4. The molecule has 2 aromatic rings. The molecule has 0 aliphatic rings. The minimum absolute atomic E-state index is 0.0460. The van der Waals surface area contributed by atoms with Crippen molar-refractivity contribution in [2.75, 3.05) is 12.4 Å². The van der Waals surface area contributed by atoms with E-state index in [0.29, 0.717) is 11.4 Å². The van der Waals surface area contributed by atoms with Gasteiger partial charge in [0, 0.05) is 11.8 Å². The van der Waals surface area contributed by atoms with E-state index >= 15 is 0 Å². The third kappa shape index (κ3) is 2.98. The quantitative estimate of drug-likeness (QED) is 0.832. The Morgan fingerprint density at radius 3 is 2.79 bits per heavy atom. The van der Waals surface area contributed by atoms with Crippen molar-refractivity contribution in [3.05, 3.63) is 48.0 Å². The Morgan fingerprint density at radius 2 is 2.16 bits per heavy atom. The van der Waals surface area contributed by atoms with Crippen LogP contribution in [0.3, 0.4) is 0 Å². The van der Waals surface area contributed by atoms with Gasteiger partial charge >= 0.3 is 0 Å². The average Bonchev–Trinajstić information content (AvgIpc) is 2.39. The normalized spacial score (nSPS) is 10.0. The van der Waals surface area contributed by atoms with E-state index in [-0.39, 0.29) is 11.4 Å². The van der Waals surface area contributed by atoms with Crippen LogP contribution in [0.2, 0.25) is 0 Å². The lowest BCUT2D eigenvalue weighted by atomic mass is 10.2. The molecule has 0 saturated heterocycles. The first-order chi connectivity index (χ1) is 9.10. The standard InChI is InChI=1S/C13H11FN2O3/c1-19-11-6-5-8(7-10(11)17)15-13(18)9-3-2-4-12(14)16-9/h2-7,17H,1H3,(H,15,18). The topological polar surface area (TPSA) is 71.5 Å². The highest BCUT2D eigenvalue weighted by Gasteiger charge is 2.10. The van der Waals surface area contributed by atoms with Crippen molar-refractivity contribution in [1.29, 1.82) is 0 Å². The van der Waals surface area contributed by atoms with Gasteiger partial charge in [-0.05, 0) is 24.3 Å². The summed E-state index contributed by atoms with van der Waals surface area (Å²) < 4.78 is 17.8. The van der Waals surface area contributed by atoms with Crippen LogP contribution in [-0.2, 0) is 0 Å². The SMILES string of the molecule is COc1ccc(NC(=O)c2cccc(F)n2)cc1O. The highest BCUT2D eigenvalue weighted by Crippen LogP contribution is 2.28. The molecule has 2 N–H and O–H groups in total. The zero-order valence-electron chi connectivity index (χ0n) is 10.1. The van der Waals surface area contributed by atoms with E-state index in [4.69, 9.17) is 4.74 Å². The summed E-state index contributed by atoms with van der Waals surface area (Å²) in [6.45, 7) is 0. The minimum atomic E-state index is -0.731. The van der Waals surface area contributed by atoms with Crippen LogP contribution in [0.15, 0.2) is 36.4 Å². The summed E-state index contributed by atoms with van der Waals surface area (Å²) >= 11 is 0. The number of ether oxygens (including phenoxy) is 1. The number of hydrogen-bond donors (Lipinski definition) is 2. The second-order valence-corrected chi connectivity index (χ2v) is 3.69. The molecule has 1 aromatic carbocycles. The smallest absolute Gasteiger partial charge is 0.274 e. The molecule has 0 radical (unpaired) electrons. The van der Waals surface area contributed by atoms with Gasteiger partial charge in [0.25, 0.3) is 5.91 Å². The molecule has 1 heterocycles. The highest BCUT2D eigenvalue weighted by molar-refractivity contribution is 6.02. The number of benzene rings is 1. The van der Waals surface area contributed by atoms with Crippen LogP contribution in [0, 0.1) is 5.95 Å². The third-order valence-corrected chi connectivity index (χ3v) is 2.38. The first kappa shape index (κ1) is 12.8. The van der Waals surface area contributed by atoms with Crippen LogP contribution >= 0.6 is 0 Å². The Morgan fingerprint density at radius 1 is 1.37 bits per heavy atom. The van der Waals surface area contributed by atoms with Gasteiger partial charge in [-0.1, -0.05) is 6.07 Å². The van der Waals surface area contributed by atoms with Gasteiger partial charge in [0.1, 0.15) is 5.69 Å². The molecule has 0 atom stereocenters. The van der Waals surface area contributed by atoms with Gasteiger partial charge in [-0.25, -0.2) is 4.98 Å². The third-order valence-electron chi connectivity index (χ3n) is 2.38. The van der Waals surface area contributed by atoms with Gasteiger partial charge in [-0.2, -0.15) is 4.39 Å². The molecule has 6 heteroatoms. The lowest BCUT2D eigenvalue weighted by Crippen LogP contribution is -2.14. The van der Waals surface area contributed by atoms with Crippen molar-refractivity contribution >= 4 is 11.6 Å². The summed E-state index contributed by atoms with van der Waals surface area (Å²) in [5, 5.41) is 12.1. The molecule has 0 unspecified atom stereocenters. The van der Waals surface area contributed by atoms with Crippen LogP contribution in [0.25, 0.3) is 0 Å². The molecule has 98 valence electrons. The predicted molar refractivity (Wildman–Crippen MR) is 66.8 cm³/mol. The molecule has 1 aromatic heterocycles. The first-order valence-corrected chi connectivity index (χ1v) is 5.41. The Hall–Kier alpha value is -2.63. The molecule has 0 aliphatic heterocycles. The Bertz CT molecular complexity index is 617. The summed E-state index contributed by atoms with van der Waals surface area (Å²) in [4.78, 5) is 15.2. The number of carbonyl (C=O) groups is 1. The van der Waals surface area contributed by atoms with E-state index in [1.165, 1.54) is 31.4 Å². The number of rotatable bonds is 3. The van der Waals surface area contributed by atoms with E-state index in [2.05, 4.69) is 10.3 Å². The molecule has 2 rings (SSSR count). The van der Waals surface area contributed by atoms with Gasteiger partial charge in [0.05, 0.1) is 7.11 Å². The number of carbonyl (C=O) groups excluding carboxylic acids is 1. The average molecular weight is 262 g/mol. The number of anilines is 1. The van der Waals surface area contributed by atoms with E-state index in [9.17, 15) is 14.3 Å². The van der Waals surface area contributed by atoms with Crippen molar-refractivity contribution in [2.24, 2.45) is 0 Å². The van der Waals surface area contributed by atoms with Crippen LogP contribution in [-0.4, -0.2) is 23.1 Å². The number of nitrogens with zero attached hydrogens (tertiary/aromatic N) is 1. The maximum Gasteiger partial charge on any atom is 0.274 e. The fourth-order valence-electron chi connectivity index (χ4n) is 1.50. The zero-order valence-corrected chi connectivity index (χ0v) is 10.1. The van der Waals surface area contributed by atoms with Crippen molar-refractivity contribution in [3.8, 4) is 11.5 Å². The van der Waals surface area contributed by atoms with Crippen LogP contribution in [0.5, 0.6) is 11.5 Å². The summed E-state index contributed by atoms with van der Waals surface area (Å²) in [5.41, 5.74) is 0.310. The molecule has 19 heavy (non-hydrogen) atoms. The zero-order chi connectivity index (χ0) is 13.8. The molecule has 1 amide bonds. The first-order valence-electron chi connectivity index (χ1n) is 5.41. The fourth-order valence-corrected chi connectivity index (χ4v) is 1.50. The number of aromatic nitrogens is 1. The fraction of sp³-hybridized carbons (Fsp3) is 0.0769. The van der Waals surface area contributed by atoms with E-state index in [0.717, 1.165) is 6.07 Å². The largest absolute Gasteiger partial charge is 0.504 e. The molecule has 0 saturated carbocycles. The molecule has 0 spiro atoms. The lowest BCUT2D eigenvalue weighted by Gasteiger charge is -2.07. The molecule has 0 bridgehead atoms. The van der Waals surface area contributed by atoms with E-state index in [1.807, 2.05) is 0 Å². The summed E-state index contributed by atoms with van der Waals surface area (Å²) in [5.74, 6) is -1.11. The van der Waals surface area contributed by atoms with E-state index < -0.39 is 11.9 Å². The Balaban J connectivity index is 2.17. The van der Waals surface area contributed by atoms with Crippen LogP contribution in [0.1, 0.15) is 10.5 Å². The number of halogens is 1. The maximum atomic E-state index is 12.9. The summed E-state index contributed by atoms with van der Waals surface area (Å²) in [7, 11) is 1.42. The molecule has 0 fully saturated rings. The highest BCUT2D eigenvalue weighted by atomic mass is 19.1. The van der Waals surface area contributed by atoms with Crippen LogP contribution < -0.4 is 10.1 Å². The number of phenolic OH excluding ortho intramolecular Hbond substituents is 1. The van der Waals surface area contributed by atoms with E-state index in [1.54, 1.807) is 6.07 Å². The number of phenols is 1. The molecule has 0 aliphatic carbocycles. The van der Waals surface area contributed by atoms with Gasteiger partial charge in [-0.15, -0.1) is 0 Å². The van der Waals surface area contributed by atoms with Crippen LogP contribution in [0.4, 0.5) is 10.1 Å². The van der Waals surface area contributed by atoms with Gasteiger partial charge in [-0.3, -0.25) is 4.79 Å². The van der Waals surface area contributed by atoms with Gasteiger partial charge in [0.15, 0.2) is 11.5 Å². The van der Waals surface area contributed by atoms with Crippen molar-refractivity contribution in [1.82, 2.24) is 4.98 Å². The number of amides is 1. The number of methoxy groups -OCH3 is 1. The van der Waals surface area contributed by atoms with Gasteiger partial charge in [0.2, 0.25) is 5.95 Å². The molecular weight excluding hydrogens is 251 g/mol. The monoisotopic (exact) mass is 262 g/mol. The van der Waals surface area contributed by atoms with Crippen molar-refractivity contribution < 1.29 is 19.0 Å². The summed E-state index contributed by atoms with van der Waals surface area (Å²) in [6, 6.07) is 8.32. The van der Waals surface area contributed by atoms with Crippen molar-refractivity contribution in [2.45, 2.75) is 0 Å². The Labute approximate surface area is 108 Å². The maximum absolute atomic E-state index is 12.9. The lowest BCUT2D eigenvalue weighted by molar-refractivity contribution is 0.102. The number of pyridine rings is 1. The number of nitrogens with one attached hydrogen (secondary N) is 1. The minimum Gasteiger partial charge on any atom is -0.504 e. The molecule has 5 nitrogen and oxygen atoms in total. The summed E-state index contributed by atoms with van der Waals surface area (Å²) in [6.07, 6.45) is 0. The molecular formula is C13H11FN2O3. The van der Waals surface area contributed by atoms with Crippen molar-refractivity contribution in [3.63, 3.8) is 0 Å². The number of aromatic hydroxyl groups is 1. The van der Waals surface area contributed by atoms with Gasteiger partial charge < -0.3 is 15.2 Å². The second kappa shape index (κ2) is 5.34. The Kier molecular flexibility index (Phi) is 3.61.